The molecule has 108 valence electrons. The summed E-state index contributed by atoms with van der Waals surface area (Å²) in [6.07, 6.45) is 3.20. The van der Waals surface area contributed by atoms with Crippen LogP contribution in [0.1, 0.15) is 33.3 Å². The van der Waals surface area contributed by atoms with Gasteiger partial charge in [-0.05, 0) is 44.8 Å². The average molecular weight is 278 g/mol. The molecule has 0 aromatic carbocycles. The Bertz CT molecular complexity index is 516. The molecule has 0 radical (unpaired) electrons. The summed E-state index contributed by atoms with van der Waals surface area (Å²) in [7, 11) is -0.513. The zero-order valence-electron chi connectivity index (χ0n) is 12.3. The first-order valence-electron chi connectivity index (χ1n) is 6.63. The summed E-state index contributed by atoms with van der Waals surface area (Å²) in [5.41, 5.74) is 6.40. The first-order chi connectivity index (χ1) is 9.25. The standard InChI is InChI=1S/C14H20BFN2O2/c1-13(2)14(3,4)20-15(19-13)11(9-17)7-10-5-6-18-12(16)8-10/h5-8H,9,17H2,1-4H3. The van der Waals surface area contributed by atoms with Crippen molar-refractivity contribution in [2.75, 3.05) is 6.54 Å². The molecule has 6 heteroatoms. The molecule has 2 heterocycles. The maximum absolute atomic E-state index is 13.1. The molecule has 0 saturated carbocycles. The molecular weight excluding hydrogens is 258 g/mol. The number of pyridine rings is 1. The van der Waals surface area contributed by atoms with Gasteiger partial charge < -0.3 is 15.0 Å². The van der Waals surface area contributed by atoms with Gasteiger partial charge in [0.2, 0.25) is 5.95 Å². The van der Waals surface area contributed by atoms with Gasteiger partial charge in [-0.1, -0.05) is 6.08 Å². The fourth-order valence-corrected chi connectivity index (χ4v) is 1.94. The third-order valence-corrected chi connectivity index (χ3v) is 3.89. The van der Waals surface area contributed by atoms with E-state index in [1.807, 2.05) is 27.7 Å². The molecule has 0 atom stereocenters. The van der Waals surface area contributed by atoms with Crippen LogP contribution < -0.4 is 5.73 Å². The molecular formula is C14H20BFN2O2. The molecule has 20 heavy (non-hydrogen) atoms. The van der Waals surface area contributed by atoms with E-state index in [1.165, 1.54) is 12.3 Å². The summed E-state index contributed by atoms with van der Waals surface area (Å²) in [5.74, 6) is -0.524. The largest absolute Gasteiger partial charge is 0.491 e. The third kappa shape index (κ3) is 2.92. The van der Waals surface area contributed by atoms with Crippen molar-refractivity contribution >= 4 is 13.2 Å². The van der Waals surface area contributed by atoms with Crippen LogP contribution in [0.25, 0.3) is 6.08 Å². The predicted octanol–water partition coefficient (Wildman–Crippen LogP) is 2.19. The molecule has 0 spiro atoms. The van der Waals surface area contributed by atoms with Crippen LogP contribution in [0.5, 0.6) is 0 Å². The molecule has 1 fully saturated rings. The molecule has 2 N–H and O–H groups in total. The Hall–Kier alpha value is -1.24. The van der Waals surface area contributed by atoms with Crippen LogP contribution in [0.3, 0.4) is 0 Å². The SMILES string of the molecule is CC1(C)OB(C(=Cc2ccnc(F)c2)CN)OC1(C)C. The van der Waals surface area contributed by atoms with E-state index >= 15 is 0 Å². The Balaban J connectivity index is 2.26. The van der Waals surface area contributed by atoms with Gasteiger partial charge in [0.15, 0.2) is 0 Å². The number of hydrogen-bond acceptors (Lipinski definition) is 4. The zero-order chi connectivity index (χ0) is 15.0. The van der Waals surface area contributed by atoms with Crippen molar-refractivity contribution in [2.45, 2.75) is 38.9 Å². The van der Waals surface area contributed by atoms with Crippen molar-refractivity contribution in [3.05, 3.63) is 35.3 Å². The molecule has 1 saturated heterocycles. The van der Waals surface area contributed by atoms with E-state index in [4.69, 9.17) is 15.0 Å². The van der Waals surface area contributed by atoms with Gasteiger partial charge in [-0.3, -0.25) is 0 Å². The van der Waals surface area contributed by atoms with Gasteiger partial charge in [0, 0.05) is 18.8 Å². The van der Waals surface area contributed by atoms with Crippen LogP contribution in [0, 0.1) is 5.95 Å². The number of nitrogens with zero attached hydrogens (tertiary/aromatic N) is 1. The van der Waals surface area contributed by atoms with Crippen LogP contribution in [0.2, 0.25) is 0 Å². The maximum atomic E-state index is 13.1. The second kappa shape index (κ2) is 5.28. The number of rotatable bonds is 3. The summed E-state index contributed by atoms with van der Waals surface area (Å²) >= 11 is 0. The first kappa shape index (κ1) is 15.2. The Kier molecular flexibility index (Phi) is 4.00. The number of aromatic nitrogens is 1. The van der Waals surface area contributed by atoms with Crippen molar-refractivity contribution in [3.8, 4) is 0 Å². The number of halogens is 1. The molecule has 0 aliphatic carbocycles. The quantitative estimate of drug-likeness (QED) is 0.680. The lowest BCUT2D eigenvalue weighted by Gasteiger charge is -2.32. The smallest absolute Gasteiger partial charge is 0.400 e. The van der Waals surface area contributed by atoms with E-state index < -0.39 is 24.3 Å². The summed E-state index contributed by atoms with van der Waals surface area (Å²) < 4.78 is 25.0. The number of hydrogen-bond donors (Lipinski definition) is 1. The summed E-state index contributed by atoms with van der Waals surface area (Å²) in [6, 6.07) is 3.06. The zero-order valence-corrected chi connectivity index (χ0v) is 12.3. The van der Waals surface area contributed by atoms with Crippen molar-refractivity contribution < 1.29 is 13.7 Å². The summed E-state index contributed by atoms with van der Waals surface area (Å²) in [6.45, 7) is 8.20. The van der Waals surface area contributed by atoms with E-state index in [9.17, 15) is 4.39 Å². The van der Waals surface area contributed by atoms with Crippen LogP contribution in [0.15, 0.2) is 23.8 Å². The van der Waals surface area contributed by atoms with Gasteiger partial charge in [-0.2, -0.15) is 4.39 Å². The summed E-state index contributed by atoms with van der Waals surface area (Å²) in [5, 5.41) is 0. The van der Waals surface area contributed by atoms with Gasteiger partial charge in [0.1, 0.15) is 0 Å². The highest BCUT2D eigenvalue weighted by molar-refractivity contribution is 6.55. The van der Waals surface area contributed by atoms with Crippen molar-refractivity contribution in [1.82, 2.24) is 4.98 Å². The van der Waals surface area contributed by atoms with Gasteiger partial charge in [0.05, 0.1) is 11.2 Å². The lowest BCUT2D eigenvalue weighted by Crippen LogP contribution is -2.41. The molecule has 1 aliphatic heterocycles. The topological polar surface area (TPSA) is 57.4 Å². The van der Waals surface area contributed by atoms with Crippen LogP contribution >= 0.6 is 0 Å². The van der Waals surface area contributed by atoms with Gasteiger partial charge >= 0.3 is 7.12 Å². The molecule has 1 aromatic rings. The van der Waals surface area contributed by atoms with E-state index in [2.05, 4.69) is 4.98 Å². The fraction of sp³-hybridized carbons (Fsp3) is 0.500. The first-order valence-corrected chi connectivity index (χ1v) is 6.63. The van der Waals surface area contributed by atoms with E-state index in [0.717, 1.165) is 5.47 Å². The molecule has 1 aromatic heterocycles. The van der Waals surface area contributed by atoms with Gasteiger partial charge in [-0.25, -0.2) is 4.98 Å². The minimum atomic E-state index is -0.524. The van der Waals surface area contributed by atoms with Crippen molar-refractivity contribution in [3.63, 3.8) is 0 Å². The third-order valence-electron chi connectivity index (χ3n) is 3.89. The molecule has 1 aliphatic rings. The second-order valence-electron chi connectivity index (χ2n) is 5.92. The molecule has 0 amide bonds. The van der Waals surface area contributed by atoms with Crippen LogP contribution in [-0.2, 0) is 9.31 Å². The highest BCUT2D eigenvalue weighted by Gasteiger charge is 2.52. The molecule has 4 nitrogen and oxygen atoms in total. The second-order valence-corrected chi connectivity index (χ2v) is 5.92. The minimum absolute atomic E-state index is 0.279. The van der Waals surface area contributed by atoms with E-state index in [1.54, 1.807) is 12.1 Å². The van der Waals surface area contributed by atoms with Gasteiger partial charge in [-0.15, -0.1) is 0 Å². The monoisotopic (exact) mass is 278 g/mol. The van der Waals surface area contributed by atoms with Crippen molar-refractivity contribution in [2.24, 2.45) is 5.73 Å². The normalized spacial score (nSPS) is 21.3. The van der Waals surface area contributed by atoms with E-state index in [-0.39, 0.29) is 6.54 Å². The molecule has 0 bridgehead atoms. The van der Waals surface area contributed by atoms with Gasteiger partial charge in [0.25, 0.3) is 0 Å². The highest BCUT2D eigenvalue weighted by atomic mass is 19.1. The lowest BCUT2D eigenvalue weighted by atomic mass is 9.77. The Morgan fingerprint density at radius 1 is 1.35 bits per heavy atom. The lowest BCUT2D eigenvalue weighted by molar-refractivity contribution is 0.00578. The summed E-state index contributed by atoms with van der Waals surface area (Å²) in [4.78, 5) is 3.53. The van der Waals surface area contributed by atoms with Crippen molar-refractivity contribution in [1.29, 1.82) is 0 Å². The fourth-order valence-electron chi connectivity index (χ4n) is 1.94. The Labute approximate surface area is 119 Å². The Morgan fingerprint density at radius 2 is 1.95 bits per heavy atom. The highest BCUT2D eigenvalue weighted by Crippen LogP contribution is 2.38. The average Bonchev–Trinajstić information content (AvgIpc) is 2.55. The maximum Gasteiger partial charge on any atom is 0.491 e. The Morgan fingerprint density at radius 3 is 2.45 bits per heavy atom. The van der Waals surface area contributed by atoms with Crippen LogP contribution in [0.4, 0.5) is 4.39 Å². The van der Waals surface area contributed by atoms with Crippen LogP contribution in [-0.4, -0.2) is 29.8 Å². The predicted molar refractivity (Wildman–Crippen MR) is 77.3 cm³/mol. The molecule has 2 rings (SSSR count). The minimum Gasteiger partial charge on any atom is -0.400 e. The molecule has 0 unspecified atom stereocenters. The number of nitrogens with two attached hydrogens (primary N) is 1. The van der Waals surface area contributed by atoms with E-state index in [0.29, 0.717) is 5.56 Å².